The number of hydrogen-bond acceptors (Lipinski definition) is 4. The summed E-state index contributed by atoms with van der Waals surface area (Å²) in [5, 5.41) is 31.4. The van der Waals surface area contributed by atoms with Crippen LogP contribution < -0.4 is 0 Å². The molecule has 1 atom stereocenters. The van der Waals surface area contributed by atoms with Crippen molar-refractivity contribution in [1.29, 1.82) is 0 Å². The number of aryl methyl sites for hydroxylation is 1. The largest absolute Gasteiger partial charge is 0.367 e. The Bertz CT molecular complexity index is 2330. The standard InChI is InChI=1S/C34H27NO2S2/c1-6-7-15-12-19-16-8-10-38-31(16)27-25-22(19)24-21(15)18(14(2)3)13-20-17-9-11-39-32(17)28(26(25)23(20)24)30-29(27)33(36)35(5)34(30,4)37/h8-14,37H,6-7H2,1-5H3. The molecule has 0 aliphatic carbocycles. The van der Waals surface area contributed by atoms with Crippen LogP contribution in [0.4, 0.5) is 0 Å². The molecule has 0 radical (unpaired) electrons. The van der Waals surface area contributed by atoms with Gasteiger partial charge in [-0.1, -0.05) is 27.2 Å². The van der Waals surface area contributed by atoms with Gasteiger partial charge >= 0.3 is 0 Å². The van der Waals surface area contributed by atoms with Crippen molar-refractivity contribution in [1.82, 2.24) is 4.90 Å². The van der Waals surface area contributed by atoms with Crippen molar-refractivity contribution in [2.24, 2.45) is 0 Å². The van der Waals surface area contributed by atoms with E-state index in [9.17, 15) is 9.90 Å². The highest BCUT2D eigenvalue weighted by Crippen LogP contribution is 2.60. The van der Waals surface area contributed by atoms with Gasteiger partial charge in [-0.05, 0) is 97.7 Å². The number of hydrogen-bond donors (Lipinski definition) is 1. The zero-order valence-corrected chi connectivity index (χ0v) is 24.2. The Balaban J connectivity index is 1.76. The van der Waals surface area contributed by atoms with Crippen LogP contribution in [0.2, 0.25) is 0 Å². The Hall–Kier alpha value is -3.25. The molecular weight excluding hydrogens is 519 g/mol. The molecule has 9 rings (SSSR count). The molecule has 39 heavy (non-hydrogen) atoms. The molecule has 1 amide bonds. The van der Waals surface area contributed by atoms with Crippen LogP contribution in [0.5, 0.6) is 0 Å². The highest BCUT2D eigenvalue weighted by atomic mass is 32.1. The summed E-state index contributed by atoms with van der Waals surface area (Å²) in [6, 6.07) is 9.40. The fourth-order valence-electron chi connectivity index (χ4n) is 7.97. The molecular formula is C34H27NO2S2. The maximum atomic E-state index is 14.0. The molecule has 3 heterocycles. The van der Waals surface area contributed by atoms with Crippen LogP contribution in [0.3, 0.4) is 0 Å². The van der Waals surface area contributed by atoms with E-state index in [1.165, 1.54) is 74.6 Å². The summed E-state index contributed by atoms with van der Waals surface area (Å²) in [6.45, 7) is 8.68. The molecule has 3 nitrogen and oxygen atoms in total. The molecule has 2 aromatic heterocycles. The molecule has 1 aliphatic heterocycles. The molecule has 1 aliphatic rings. The number of aliphatic hydroxyl groups is 1. The van der Waals surface area contributed by atoms with Gasteiger partial charge in [0.15, 0.2) is 5.72 Å². The summed E-state index contributed by atoms with van der Waals surface area (Å²) < 4.78 is 2.34. The molecule has 6 aromatic carbocycles. The van der Waals surface area contributed by atoms with Crippen LogP contribution in [-0.2, 0) is 12.1 Å². The number of rotatable bonds is 3. The molecule has 0 saturated heterocycles. The van der Waals surface area contributed by atoms with E-state index in [2.05, 4.69) is 55.8 Å². The third-order valence-electron chi connectivity index (χ3n) is 9.67. The first kappa shape index (κ1) is 22.6. The molecule has 0 bridgehead atoms. The van der Waals surface area contributed by atoms with Crippen molar-refractivity contribution < 1.29 is 9.90 Å². The summed E-state index contributed by atoms with van der Waals surface area (Å²) in [6.07, 6.45) is 2.13. The van der Waals surface area contributed by atoms with Crippen molar-refractivity contribution >= 4 is 103 Å². The maximum absolute atomic E-state index is 14.0. The second-order valence-corrected chi connectivity index (χ2v) is 13.8. The number of thiophene rings is 2. The van der Waals surface area contributed by atoms with E-state index in [0.717, 1.165) is 33.9 Å². The quantitative estimate of drug-likeness (QED) is 0.225. The van der Waals surface area contributed by atoms with Gasteiger partial charge in [-0.2, -0.15) is 0 Å². The number of amides is 1. The van der Waals surface area contributed by atoms with E-state index >= 15 is 0 Å². The van der Waals surface area contributed by atoms with E-state index < -0.39 is 5.72 Å². The molecule has 1 N–H and O–H groups in total. The van der Waals surface area contributed by atoms with Crippen molar-refractivity contribution in [3.63, 3.8) is 0 Å². The predicted octanol–water partition coefficient (Wildman–Crippen LogP) is 9.52. The van der Waals surface area contributed by atoms with Gasteiger partial charge in [-0.15, -0.1) is 22.7 Å². The zero-order chi connectivity index (χ0) is 26.7. The van der Waals surface area contributed by atoms with Gasteiger partial charge in [0.2, 0.25) is 0 Å². The SMILES string of the molecule is CCCc1cc2c3ccsc3c3c4c(c5c6sccc6c6cc(C(C)C)c1c1c2c3c5c61)C(C)(O)N(C)C4=O. The van der Waals surface area contributed by atoms with Gasteiger partial charge in [0, 0.05) is 54.3 Å². The lowest BCUT2D eigenvalue weighted by Crippen LogP contribution is -2.38. The Morgan fingerprint density at radius 3 is 2.08 bits per heavy atom. The lowest BCUT2D eigenvalue weighted by molar-refractivity contribution is -0.0547. The average molecular weight is 546 g/mol. The van der Waals surface area contributed by atoms with Crippen LogP contribution in [0.25, 0.3) is 74.0 Å². The lowest BCUT2D eigenvalue weighted by atomic mass is 9.85. The van der Waals surface area contributed by atoms with Crippen LogP contribution >= 0.6 is 22.7 Å². The van der Waals surface area contributed by atoms with Crippen molar-refractivity contribution in [2.75, 3.05) is 7.05 Å². The van der Waals surface area contributed by atoms with Crippen molar-refractivity contribution in [3.8, 4) is 0 Å². The van der Waals surface area contributed by atoms with Crippen LogP contribution in [0, 0.1) is 0 Å². The van der Waals surface area contributed by atoms with E-state index in [1.807, 2.05) is 0 Å². The molecule has 0 spiro atoms. The van der Waals surface area contributed by atoms with Crippen LogP contribution in [0.1, 0.15) is 67.1 Å². The maximum Gasteiger partial charge on any atom is 0.257 e. The first-order chi connectivity index (χ1) is 18.8. The van der Waals surface area contributed by atoms with Gasteiger partial charge in [-0.25, -0.2) is 0 Å². The molecule has 5 heteroatoms. The number of fused-ring (bicyclic) bond motifs is 9. The number of carbonyl (C=O) groups is 1. The third-order valence-corrected chi connectivity index (χ3v) is 11.5. The fourth-order valence-corrected chi connectivity index (χ4v) is 9.91. The third kappa shape index (κ3) is 2.28. The Kier molecular flexibility index (Phi) is 3.99. The van der Waals surface area contributed by atoms with E-state index in [4.69, 9.17) is 0 Å². The highest BCUT2D eigenvalue weighted by molar-refractivity contribution is 7.19. The number of benzene rings is 5. The van der Waals surface area contributed by atoms with Crippen molar-refractivity contribution in [3.05, 3.63) is 57.3 Å². The lowest BCUT2D eigenvalue weighted by Gasteiger charge is -2.28. The van der Waals surface area contributed by atoms with E-state index in [1.54, 1.807) is 36.6 Å². The minimum atomic E-state index is -1.39. The van der Waals surface area contributed by atoms with Crippen molar-refractivity contribution in [2.45, 2.75) is 52.2 Å². The Labute approximate surface area is 233 Å². The van der Waals surface area contributed by atoms with Gasteiger partial charge in [0.1, 0.15) is 0 Å². The normalized spacial score (nSPS) is 18.5. The van der Waals surface area contributed by atoms with E-state index in [0.29, 0.717) is 11.5 Å². The molecule has 0 fully saturated rings. The summed E-state index contributed by atoms with van der Waals surface area (Å²) in [4.78, 5) is 15.6. The first-order valence-electron chi connectivity index (χ1n) is 13.9. The number of nitrogens with zero attached hydrogens (tertiary/aromatic N) is 1. The monoisotopic (exact) mass is 545 g/mol. The molecule has 0 saturated carbocycles. The summed E-state index contributed by atoms with van der Waals surface area (Å²) in [5.41, 5.74) is 2.93. The Morgan fingerprint density at radius 2 is 1.44 bits per heavy atom. The Morgan fingerprint density at radius 1 is 0.846 bits per heavy atom. The summed E-state index contributed by atoms with van der Waals surface area (Å²) in [5.74, 6) is 0.297. The smallest absolute Gasteiger partial charge is 0.257 e. The van der Waals surface area contributed by atoms with Gasteiger partial charge in [0.05, 0.1) is 5.56 Å². The van der Waals surface area contributed by atoms with Gasteiger partial charge in [0.25, 0.3) is 5.91 Å². The second kappa shape index (κ2) is 6.90. The first-order valence-corrected chi connectivity index (χ1v) is 15.6. The van der Waals surface area contributed by atoms with E-state index in [-0.39, 0.29) is 5.91 Å². The number of carbonyl (C=O) groups excluding carboxylic acids is 1. The average Bonchev–Trinajstić information content (AvgIpc) is 3.69. The predicted molar refractivity (Wildman–Crippen MR) is 168 cm³/mol. The highest BCUT2D eigenvalue weighted by Gasteiger charge is 2.47. The molecule has 192 valence electrons. The molecule has 1 unspecified atom stereocenters. The van der Waals surface area contributed by atoms with Crippen LogP contribution in [0.15, 0.2) is 35.0 Å². The molecule has 8 aromatic rings. The van der Waals surface area contributed by atoms with Gasteiger partial charge in [-0.3, -0.25) is 4.79 Å². The minimum absolute atomic E-state index is 0.0894. The van der Waals surface area contributed by atoms with Gasteiger partial charge < -0.3 is 10.0 Å². The second-order valence-electron chi connectivity index (χ2n) is 12.0. The summed E-state index contributed by atoms with van der Waals surface area (Å²) in [7, 11) is 1.74. The zero-order valence-electron chi connectivity index (χ0n) is 22.6. The topological polar surface area (TPSA) is 40.5 Å². The summed E-state index contributed by atoms with van der Waals surface area (Å²) >= 11 is 3.45. The minimum Gasteiger partial charge on any atom is -0.367 e. The fraction of sp³-hybridized carbons (Fsp3) is 0.265. The van der Waals surface area contributed by atoms with Crippen LogP contribution in [-0.4, -0.2) is 23.0 Å².